The van der Waals surface area contributed by atoms with Crippen molar-refractivity contribution in [3.05, 3.63) is 0 Å². The van der Waals surface area contributed by atoms with E-state index in [0.717, 1.165) is 0 Å². The molecule has 0 aromatic heterocycles. The largest absolute Gasteiger partial charge is 0.369 e. The first-order valence-corrected chi connectivity index (χ1v) is 5.45. The number of carbonyl (C=O) groups excluding carboxylic acids is 2. The first kappa shape index (κ1) is 12.5. The van der Waals surface area contributed by atoms with Gasteiger partial charge in [0.25, 0.3) is 0 Å². The van der Waals surface area contributed by atoms with Crippen LogP contribution in [0.15, 0.2) is 0 Å². The quantitative estimate of drug-likeness (QED) is 0.737. The Morgan fingerprint density at radius 2 is 2.12 bits per heavy atom. The zero-order valence-corrected chi connectivity index (χ0v) is 9.64. The van der Waals surface area contributed by atoms with Gasteiger partial charge in [0.1, 0.15) is 5.92 Å². The first-order valence-electron chi connectivity index (χ1n) is 5.45. The Morgan fingerprint density at radius 3 is 2.50 bits per heavy atom. The zero-order chi connectivity index (χ0) is 12.3. The number of hydrogen-bond acceptors (Lipinski definition) is 3. The third kappa shape index (κ3) is 2.51. The van der Waals surface area contributed by atoms with Crippen LogP contribution in [0.2, 0.25) is 0 Å². The molecule has 1 heterocycles. The Labute approximate surface area is 95.2 Å². The Hall–Kier alpha value is -1.57. The van der Waals surface area contributed by atoms with Crippen LogP contribution >= 0.6 is 0 Å². The number of nitrogens with zero attached hydrogens (tertiary/aromatic N) is 2. The smallest absolute Gasteiger partial charge is 0.240 e. The Balaban J connectivity index is 2.64. The summed E-state index contributed by atoms with van der Waals surface area (Å²) in [7, 11) is 0. The van der Waals surface area contributed by atoms with Gasteiger partial charge in [-0.2, -0.15) is 5.26 Å². The van der Waals surface area contributed by atoms with Crippen LogP contribution in [0.25, 0.3) is 0 Å². The number of hydrogen-bond donors (Lipinski definition) is 1. The van der Waals surface area contributed by atoms with E-state index in [-0.39, 0.29) is 23.7 Å². The van der Waals surface area contributed by atoms with Crippen LogP contribution in [0.1, 0.15) is 20.3 Å². The number of rotatable bonds is 3. The van der Waals surface area contributed by atoms with Crippen molar-refractivity contribution in [2.75, 3.05) is 13.1 Å². The van der Waals surface area contributed by atoms with Crippen LogP contribution in [-0.2, 0) is 9.59 Å². The summed E-state index contributed by atoms with van der Waals surface area (Å²) >= 11 is 0. The maximum atomic E-state index is 11.9. The van der Waals surface area contributed by atoms with Gasteiger partial charge in [0, 0.05) is 13.1 Å². The van der Waals surface area contributed by atoms with E-state index in [4.69, 9.17) is 11.0 Å². The lowest BCUT2D eigenvalue weighted by Gasteiger charge is -2.21. The number of nitrogens with two attached hydrogens (primary N) is 1. The van der Waals surface area contributed by atoms with Crippen molar-refractivity contribution in [3.63, 3.8) is 0 Å². The fourth-order valence-electron chi connectivity index (χ4n) is 1.88. The number of nitriles is 1. The van der Waals surface area contributed by atoms with Gasteiger partial charge in [0.2, 0.25) is 11.8 Å². The predicted octanol–water partition coefficient (Wildman–Crippen LogP) is 0.116. The van der Waals surface area contributed by atoms with Crippen molar-refractivity contribution >= 4 is 11.8 Å². The topological polar surface area (TPSA) is 87.2 Å². The van der Waals surface area contributed by atoms with Gasteiger partial charge >= 0.3 is 0 Å². The van der Waals surface area contributed by atoms with E-state index in [0.29, 0.717) is 19.5 Å². The van der Waals surface area contributed by atoms with E-state index in [1.807, 2.05) is 19.9 Å². The van der Waals surface area contributed by atoms with Crippen LogP contribution in [-0.4, -0.2) is 29.8 Å². The van der Waals surface area contributed by atoms with E-state index >= 15 is 0 Å². The number of carbonyl (C=O) groups is 2. The minimum atomic E-state index is -0.619. The predicted molar refractivity (Wildman–Crippen MR) is 57.8 cm³/mol. The van der Waals surface area contributed by atoms with E-state index in [9.17, 15) is 9.59 Å². The zero-order valence-electron chi connectivity index (χ0n) is 9.64. The third-order valence-electron chi connectivity index (χ3n) is 2.97. The van der Waals surface area contributed by atoms with Gasteiger partial charge in [-0.05, 0) is 12.3 Å². The molecule has 1 saturated heterocycles. The molecule has 0 spiro atoms. The van der Waals surface area contributed by atoms with Gasteiger partial charge in [0.15, 0.2) is 0 Å². The summed E-state index contributed by atoms with van der Waals surface area (Å²) in [4.78, 5) is 24.5. The van der Waals surface area contributed by atoms with Gasteiger partial charge in [-0.3, -0.25) is 9.59 Å². The molecule has 0 aromatic rings. The van der Waals surface area contributed by atoms with Crippen molar-refractivity contribution < 1.29 is 9.59 Å². The molecule has 1 rings (SSSR count). The molecule has 0 aromatic carbocycles. The molecule has 0 aliphatic carbocycles. The van der Waals surface area contributed by atoms with Crippen molar-refractivity contribution in [3.8, 4) is 6.07 Å². The van der Waals surface area contributed by atoms with E-state index in [1.165, 1.54) is 0 Å². The summed E-state index contributed by atoms with van der Waals surface area (Å²) in [6.07, 6.45) is 0.608. The molecule has 2 unspecified atom stereocenters. The lowest BCUT2D eigenvalue weighted by molar-refractivity contribution is -0.134. The highest BCUT2D eigenvalue weighted by Gasteiger charge is 2.34. The van der Waals surface area contributed by atoms with Gasteiger partial charge in [-0.25, -0.2) is 0 Å². The van der Waals surface area contributed by atoms with Crippen LogP contribution in [0.5, 0.6) is 0 Å². The minimum absolute atomic E-state index is 0.00914. The summed E-state index contributed by atoms with van der Waals surface area (Å²) in [6.45, 7) is 4.57. The highest BCUT2D eigenvalue weighted by molar-refractivity contribution is 5.84. The number of primary amides is 1. The molecule has 0 bridgehead atoms. The molecular weight excluding hydrogens is 206 g/mol. The highest BCUT2D eigenvalue weighted by Crippen LogP contribution is 2.20. The molecule has 2 atom stereocenters. The Bertz CT molecular complexity index is 333. The van der Waals surface area contributed by atoms with Crippen molar-refractivity contribution in [1.82, 2.24) is 4.90 Å². The minimum Gasteiger partial charge on any atom is -0.369 e. The van der Waals surface area contributed by atoms with E-state index in [2.05, 4.69) is 0 Å². The second-order valence-electron chi connectivity index (χ2n) is 4.52. The maximum absolute atomic E-state index is 11.9. The lowest BCUT2D eigenvalue weighted by atomic mass is 9.96. The second-order valence-corrected chi connectivity index (χ2v) is 4.52. The highest BCUT2D eigenvalue weighted by atomic mass is 16.2. The Morgan fingerprint density at radius 1 is 1.50 bits per heavy atom. The molecule has 5 heteroatoms. The summed E-state index contributed by atoms with van der Waals surface area (Å²) in [5.74, 6) is -1.43. The number of likely N-dealkylation sites (tertiary alicyclic amines) is 1. The van der Waals surface area contributed by atoms with Gasteiger partial charge in [-0.15, -0.1) is 0 Å². The maximum Gasteiger partial charge on any atom is 0.240 e. The monoisotopic (exact) mass is 223 g/mol. The number of amides is 2. The molecular formula is C11H17N3O2. The van der Waals surface area contributed by atoms with Gasteiger partial charge < -0.3 is 10.6 Å². The molecule has 2 amide bonds. The molecule has 1 fully saturated rings. The van der Waals surface area contributed by atoms with Gasteiger partial charge in [-0.1, -0.05) is 13.8 Å². The van der Waals surface area contributed by atoms with Crippen molar-refractivity contribution in [2.24, 2.45) is 23.5 Å². The summed E-state index contributed by atoms with van der Waals surface area (Å²) in [6, 6.07) is 2.01. The van der Waals surface area contributed by atoms with Crippen molar-refractivity contribution in [1.29, 1.82) is 5.26 Å². The standard InChI is InChI=1S/C11H17N3O2/c1-7(2)9(5-12)11(16)14-4-3-8(6-14)10(13)15/h7-9H,3-4,6H2,1-2H3,(H2,13,15). The van der Waals surface area contributed by atoms with Gasteiger partial charge in [0.05, 0.1) is 12.0 Å². The third-order valence-corrected chi connectivity index (χ3v) is 2.97. The molecule has 0 saturated carbocycles. The van der Waals surface area contributed by atoms with Crippen molar-refractivity contribution in [2.45, 2.75) is 20.3 Å². The second kappa shape index (κ2) is 4.97. The average molecular weight is 223 g/mol. The Kier molecular flexibility index (Phi) is 3.88. The summed E-state index contributed by atoms with van der Waals surface area (Å²) in [5, 5.41) is 8.91. The normalized spacial score (nSPS) is 21.9. The van der Waals surface area contributed by atoms with Crippen LogP contribution in [0.3, 0.4) is 0 Å². The summed E-state index contributed by atoms with van der Waals surface area (Å²) in [5.41, 5.74) is 5.19. The van der Waals surface area contributed by atoms with Crippen LogP contribution in [0.4, 0.5) is 0 Å². The first-order chi connectivity index (χ1) is 7.47. The van der Waals surface area contributed by atoms with E-state index < -0.39 is 5.92 Å². The average Bonchev–Trinajstić information content (AvgIpc) is 2.66. The molecule has 88 valence electrons. The van der Waals surface area contributed by atoms with Crippen LogP contribution in [0, 0.1) is 29.1 Å². The lowest BCUT2D eigenvalue weighted by Crippen LogP contribution is -2.37. The molecule has 0 radical (unpaired) electrons. The van der Waals surface area contributed by atoms with Crippen LogP contribution < -0.4 is 5.73 Å². The molecule has 1 aliphatic rings. The summed E-state index contributed by atoms with van der Waals surface area (Å²) < 4.78 is 0. The van der Waals surface area contributed by atoms with E-state index in [1.54, 1.807) is 4.90 Å². The molecule has 1 aliphatic heterocycles. The SMILES string of the molecule is CC(C)C(C#N)C(=O)N1CCC(C(N)=O)C1. The molecule has 5 nitrogen and oxygen atoms in total. The molecule has 16 heavy (non-hydrogen) atoms. The fourth-order valence-corrected chi connectivity index (χ4v) is 1.88. The fraction of sp³-hybridized carbons (Fsp3) is 0.727. The molecule has 2 N–H and O–H groups in total.